The zero-order chi connectivity index (χ0) is 22.7. The number of rotatable bonds is 3. The number of nitro benzene ring substituents is 1. The predicted molar refractivity (Wildman–Crippen MR) is 119 cm³/mol. The average molecular weight is 440 g/mol. The Morgan fingerprint density at radius 3 is 2.50 bits per heavy atom. The fourth-order valence-corrected chi connectivity index (χ4v) is 8.04. The van der Waals surface area contributed by atoms with Crippen LogP contribution in [0.3, 0.4) is 0 Å². The molecule has 4 aliphatic carbocycles. The van der Waals surface area contributed by atoms with Crippen LogP contribution in [0.4, 0.5) is 5.69 Å². The van der Waals surface area contributed by atoms with Gasteiger partial charge in [0.2, 0.25) is 0 Å². The first-order valence-electron chi connectivity index (χ1n) is 12.2. The highest BCUT2D eigenvalue weighted by molar-refractivity contribution is 5.89. The number of Topliss-reactive ketones (excluding diaryl/α,β-unsaturated/α-hetero) is 1. The molecule has 6 nitrogen and oxygen atoms in total. The third kappa shape index (κ3) is 3.29. The van der Waals surface area contributed by atoms with E-state index in [0.29, 0.717) is 35.0 Å². The van der Waals surface area contributed by atoms with Gasteiger partial charge in [0.15, 0.2) is 0 Å². The summed E-state index contributed by atoms with van der Waals surface area (Å²) in [5.41, 5.74) is 0.526. The van der Waals surface area contributed by atoms with Crippen LogP contribution in [0, 0.1) is 44.6 Å². The lowest BCUT2D eigenvalue weighted by molar-refractivity contribution is -0.384. The molecule has 172 valence electrons. The van der Waals surface area contributed by atoms with Crippen molar-refractivity contribution in [3.05, 3.63) is 39.9 Å². The van der Waals surface area contributed by atoms with E-state index in [2.05, 4.69) is 13.8 Å². The number of carbonyl (C=O) groups excluding carboxylic acids is 2. The molecule has 4 saturated carbocycles. The third-order valence-electron chi connectivity index (χ3n) is 9.91. The molecule has 0 saturated heterocycles. The zero-order valence-corrected chi connectivity index (χ0v) is 19.0. The van der Waals surface area contributed by atoms with Crippen LogP contribution in [-0.2, 0) is 9.53 Å². The molecule has 0 N–H and O–H groups in total. The van der Waals surface area contributed by atoms with Crippen molar-refractivity contribution in [1.29, 1.82) is 0 Å². The van der Waals surface area contributed by atoms with Crippen molar-refractivity contribution in [3.8, 4) is 0 Å². The van der Waals surface area contributed by atoms with Gasteiger partial charge >= 0.3 is 5.97 Å². The first-order chi connectivity index (χ1) is 15.2. The van der Waals surface area contributed by atoms with Gasteiger partial charge in [-0.05, 0) is 92.6 Å². The number of nitrogens with zero attached hydrogens (tertiary/aromatic N) is 1. The largest absolute Gasteiger partial charge is 0.459 e. The lowest BCUT2D eigenvalue weighted by Gasteiger charge is -2.60. The molecule has 0 bridgehead atoms. The van der Waals surface area contributed by atoms with Gasteiger partial charge in [-0.25, -0.2) is 4.79 Å². The summed E-state index contributed by atoms with van der Waals surface area (Å²) in [4.78, 5) is 35.6. The quantitative estimate of drug-likeness (QED) is 0.341. The van der Waals surface area contributed by atoms with Crippen molar-refractivity contribution in [3.63, 3.8) is 0 Å². The van der Waals surface area contributed by atoms with Crippen LogP contribution in [0.15, 0.2) is 24.3 Å². The van der Waals surface area contributed by atoms with Gasteiger partial charge in [-0.15, -0.1) is 0 Å². The summed E-state index contributed by atoms with van der Waals surface area (Å²) in [5, 5.41) is 10.8. The van der Waals surface area contributed by atoms with Crippen molar-refractivity contribution >= 4 is 17.4 Å². The van der Waals surface area contributed by atoms with Crippen molar-refractivity contribution in [1.82, 2.24) is 0 Å². The molecule has 1 aromatic rings. The summed E-state index contributed by atoms with van der Waals surface area (Å²) in [6, 6.07) is 5.64. The summed E-state index contributed by atoms with van der Waals surface area (Å²) in [6.45, 7) is 4.69. The monoisotopic (exact) mass is 439 g/mol. The van der Waals surface area contributed by atoms with Crippen molar-refractivity contribution in [2.75, 3.05) is 0 Å². The second kappa shape index (κ2) is 7.67. The van der Waals surface area contributed by atoms with Crippen LogP contribution in [0.1, 0.15) is 82.0 Å². The van der Waals surface area contributed by atoms with Crippen LogP contribution in [0.5, 0.6) is 0 Å². The molecule has 4 fully saturated rings. The number of hydrogen-bond donors (Lipinski definition) is 0. The van der Waals surface area contributed by atoms with Gasteiger partial charge in [-0.1, -0.05) is 13.8 Å². The molecule has 0 unspecified atom stereocenters. The molecule has 4 aliphatic rings. The molecule has 0 heterocycles. The number of non-ortho nitro benzene ring substituents is 1. The standard InChI is InChI=1S/C26H33NO5/c1-25-13-11-19(32-24(29)16-3-6-18(7-4-16)27(30)31)15-17(25)5-8-20-21-9-10-23(28)26(21,2)14-12-22(20)25/h3-4,6-7,17,19-22H,5,8-15H2,1-2H3/t17-,19-,20-,21-,22-,25-,26-/m0/s1. The molecule has 0 aromatic heterocycles. The minimum Gasteiger partial charge on any atom is -0.459 e. The number of esters is 1. The zero-order valence-electron chi connectivity index (χ0n) is 19.0. The Bertz CT molecular complexity index is 942. The summed E-state index contributed by atoms with van der Waals surface area (Å²) < 4.78 is 5.85. The number of nitro groups is 1. The van der Waals surface area contributed by atoms with Gasteiger partial charge < -0.3 is 4.74 Å². The third-order valence-corrected chi connectivity index (χ3v) is 9.91. The summed E-state index contributed by atoms with van der Waals surface area (Å²) in [7, 11) is 0. The highest BCUT2D eigenvalue weighted by Crippen LogP contribution is 2.65. The Morgan fingerprint density at radius 1 is 1.03 bits per heavy atom. The number of ether oxygens (including phenoxy) is 1. The van der Waals surface area contributed by atoms with Crippen LogP contribution in [-0.4, -0.2) is 22.8 Å². The van der Waals surface area contributed by atoms with Gasteiger partial charge in [0.1, 0.15) is 11.9 Å². The van der Waals surface area contributed by atoms with E-state index in [0.717, 1.165) is 51.4 Å². The van der Waals surface area contributed by atoms with Crippen LogP contribution in [0.2, 0.25) is 0 Å². The lowest BCUT2D eigenvalue weighted by atomic mass is 9.45. The van der Waals surface area contributed by atoms with Crippen LogP contribution >= 0.6 is 0 Å². The number of benzene rings is 1. The maximum absolute atomic E-state index is 12.6. The molecule has 6 heteroatoms. The molecule has 32 heavy (non-hydrogen) atoms. The first kappa shape index (κ1) is 21.6. The normalized spacial score (nSPS) is 40.7. The lowest BCUT2D eigenvalue weighted by Crippen LogP contribution is -2.54. The summed E-state index contributed by atoms with van der Waals surface area (Å²) in [5.74, 6) is 2.56. The first-order valence-corrected chi connectivity index (χ1v) is 12.2. The maximum Gasteiger partial charge on any atom is 0.338 e. The molecule has 7 atom stereocenters. The Morgan fingerprint density at radius 2 is 1.78 bits per heavy atom. The molecule has 0 aliphatic heterocycles. The predicted octanol–water partition coefficient (Wildman–Crippen LogP) is 5.73. The van der Waals surface area contributed by atoms with E-state index >= 15 is 0 Å². The van der Waals surface area contributed by atoms with E-state index in [9.17, 15) is 19.7 Å². The minimum atomic E-state index is -0.470. The van der Waals surface area contributed by atoms with Gasteiger partial charge in [0, 0.05) is 24.0 Å². The number of ketones is 1. The van der Waals surface area contributed by atoms with E-state index in [-0.39, 0.29) is 28.6 Å². The van der Waals surface area contributed by atoms with Crippen molar-refractivity contribution in [2.45, 2.75) is 77.7 Å². The molecule has 1 aromatic carbocycles. The highest BCUT2D eigenvalue weighted by Gasteiger charge is 2.60. The highest BCUT2D eigenvalue weighted by atomic mass is 16.6. The van der Waals surface area contributed by atoms with E-state index in [4.69, 9.17) is 4.74 Å². The Labute approximate surface area is 189 Å². The molecule has 0 spiro atoms. The number of hydrogen-bond acceptors (Lipinski definition) is 5. The van der Waals surface area contributed by atoms with Gasteiger partial charge in [-0.3, -0.25) is 14.9 Å². The second-order valence-corrected chi connectivity index (χ2v) is 11.2. The summed E-state index contributed by atoms with van der Waals surface area (Å²) >= 11 is 0. The number of fused-ring (bicyclic) bond motifs is 5. The summed E-state index contributed by atoms with van der Waals surface area (Å²) in [6.07, 6.45) is 9.14. The van der Waals surface area contributed by atoms with E-state index in [1.807, 2.05) is 0 Å². The van der Waals surface area contributed by atoms with Gasteiger partial charge in [0.25, 0.3) is 5.69 Å². The molecular formula is C26H33NO5. The Hall–Kier alpha value is -2.24. The maximum atomic E-state index is 12.6. The Kier molecular flexibility index (Phi) is 5.18. The topological polar surface area (TPSA) is 86.5 Å². The molecule has 5 rings (SSSR count). The molecule has 0 radical (unpaired) electrons. The van der Waals surface area contributed by atoms with Crippen molar-refractivity contribution in [2.24, 2.45) is 34.5 Å². The van der Waals surface area contributed by atoms with Gasteiger partial charge in [0.05, 0.1) is 10.5 Å². The van der Waals surface area contributed by atoms with E-state index < -0.39 is 4.92 Å². The Balaban J connectivity index is 1.25. The average Bonchev–Trinajstić information content (AvgIpc) is 3.08. The smallest absolute Gasteiger partial charge is 0.338 e. The van der Waals surface area contributed by atoms with Crippen LogP contribution in [0.25, 0.3) is 0 Å². The van der Waals surface area contributed by atoms with E-state index in [1.54, 1.807) is 0 Å². The van der Waals surface area contributed by atoms with Crippen molar-refractivity contribution < 1.29 is 19.2 Å². The van der Waals surface area contributed by atoms with Gasteiger partial charge in [-0.2, -0.15) is 0 Å². The number of carbonyl (C=O) groups is 2. The fourth-order valence-electron chi connectivity index (χ4n) is 8.04. The molecular weight excluding hydrogens is 406 g/mol. The second-order valence-electron chi connectivity index (χ2n) is 11.2. The fraction of sp³-hybridized carbons (Fsp3) is 0.692. The van der Waals surface area contributed by atoms with Crippen LogP contribution < -0.4 is 0 Å². The minimum absolute atomic E-state index is 0.0284. The van der Waals surface area contributed by atoms with E-state index in [1.165, 1.54) is 30.7 Å². The SMILES string of the molecule is C[C@]12CC[C@H](OC(=O)c3ccc([N+](=O)[O-])cc3)C[C@@H]1CC[C@@H]1[C@@H]2CC[C@]2(C)C(=O)CC[C@@H]12. The molecule has 0 amide bonds.